The summed E-state index contributed by atoms with van der Waals surface area (Å²) in [4.78, 5) is 278. The van der Waals surface area contributed by atoms with E-state index in [1.807, 2.05) is 21.3 Å². The molecule has 0 unspecified atom stereocenters. The number of aliphatic hydroxyl groups excluding tert-OH is 2. The minimum atomic E-state index is -2.57. The van der Waals surface area contributed by atoms with Crippen molar-refractivity contribution in [3.8, 4) is 0 Å². The first-order valence-corrected chi connectivity index (χ1v) is 37.4. The van der Waals surface area contributed by atoms with Crippen LogP contribution in [0.25, 0.3) is 10.9 Å². The highest BCUT2D eigenvalue weighted by atomic mass is 16.5. The van der Waals surface area contributed by atoms with Crippen molar-refractivity contribution in [2.24, 2.45) is 17.4 Å². The van der Waals surface area contributed by atoms with Crippen molar-refractivity contribution in [1.29, 1.82) is 0 Å². The molecule has 26 N–H and O–H groups in total. The fourth-order valence-corrected chi connectivity index (χ4v) is 11.9. The SMILES string of the molecule is CCCCCCCCCC(=O)N[C@@H](Cc1c[nH]c2ccccc12)C(=O)N[C@@H](CC(N)=O)C(=O)N[C@@H](CC(=O)O)C(=O)N[C@@H]1C(=O)N[C@@H](CO)C(=O)N[C@@H](CCCN)C(=O)N[C@@H](CC(=O)O)C(=O)N[C@H](C)C(=O)N[C@@H](CC(=O)O)C(=O)NCC(=O)N[C@H](CO)C(=O)N[C@@H]([C@@H](C)CC(=O)O)C(=O)N[C@@H](CC(=O)c2ccccc2N)C(=O)O[C@@H]1C. The van der Waals surface area contributed by atoms with Crippen LogP contribution in [-0.2, 0) is 102 Å². The molecule has 1 aliphatic heterocycles. The van der Waals surface area contributed by atoms with Crippen molar-refractivity contribution in [3.63, 3.8) is 0 Å². The predicted molar refractivity (Wildman–Crippen MR) is 406 cm³/mol. The lowest BCUT2D eigenvalue weighted by Gasteiger charge is -2.30. The van der Waals surface area contributed by atoms with Gasteiger partial charge in [0.1, 0.15) is 78.6 Å². The molecule has 44 nitrogen and oxygen atoms in total. The number of anilines is 1. The summed E-state index contributed by atoms with van der Waals surface area (Å²) < 4.78 is 5.69. The monoisotopic (exact) mass is 1650 g/mol. The molecule has 1 saturated heterocycles. The van der Waals surface area contributed by atoms with E-state index in [1.165, 1.54) is 24.3 Å². The molecule has 3 aromatic rings. The van der Waals surface area contributed by atoms with Gasteiger partial charge in [-0.1, -0.05) is 82.7 Å². The molecule has 14 amide bonds. The van der Waals surface area contributed by atoms with Gasteiger partial charge in [-0.3, -0.25) is 91.1 Å². The molecular weight excluding hydrogens is 1550 g/mol. The molecule has 642 valence electrons. The van der Waals surface area contributed by atoms with Crippen molar-refractivity contribution in [2.45, 2.75) is 215 Å². The highest BCUT2D eigenvalue weighted by molar-refractivity contribution is 6.05. The number of benzene rings is 2. The summed E-state index contributed by atoms with van der Waals surface area (Å²) in [5.41, 5.74) is 18.0. The van der Waals surface area contributed by atoms with Gasteiger partial charge < -0.3 is 127 Å². The first-order chi connectivity index (χ1) is 55.3. The van der Waals surface area contributed by atoms with Gasteiger partial charge >= 0.3 is 29.8 Å². The summed E-state index contributed by atoms with van der Waals surface area (Å²) in [6, 6.07) is -13.5. The zero-order valence-electron chi connectivity index (χ0n) is 64.6. The first-order valence-electron chi connectivity index (χ1n) is 37.4. The third-order valence-electron chi connectivity index (χ3n) is 18.2. The summed E-state index contributed by atoms with van der Waals surface area (Å²) in [5, 5.41) is 89.3. The first kappa shape index (κ1) is 96.6. The van der Waals surface area contributed by atoms with Crippen LogP contribution < -0.4 is 86.3 Å². The number of fused-ring (bicyclic) bond motifs is 1. The smallest absolute Gasteiger partial charge is 0.329 e. The Bertz CT molecular complexity index is 4100. The second-order valence-corrected chi connectivity index (χ2v) is 27.7. The van der Waals surface area contributed by atoms with Crippen LogP contribution in [-0.4, -0.2) is 259 Å². The highest BCUT2D eigenvalue weighted by Gasteiger charge is 2.42. The van der Waals surface area contributed by atoms with E-state index in [2.05, 4.69) is 59.8 Å². The number of carbonyl (C=O) groups is 20. The van der Waals surface area contributed by atoms with Crippen molar-refractivity contribution in [3.05, 3.63) is 65.9 Å². The molecule has 2 heterocycles. The predicted octanol–water partition coefficient (Wildman–Crippen LogP) is -6.26. The van der Waals surface area contributed by atoms with Crippen molar-refractivity contribution >= 4 is 135 Å². The summed E-state index contributed by atoms with van der Waals surface area (Å²) in [7, 11) is 0. The van der Waals surface area contributed by atoms with Crippen molar-refractivity contribution < 1.29 is 131 Å². The van der Waals surface area contributed by atoms with Crippen LogP contribution in [0.2, 0.25) is 0 Å². The molecule has 4 rings (SSSR count). The summed E-state index contributed by atoms with van der Waals surface area (Å²) >= 11 is 0. The number of ether oxygens (including phenoxy) is 1. The molecule has 0 saturated carbocycles. The number of amides is 14. The Kier molecular flexibility index (Phi) is 40.0. The van der Waals surface area contributed by atoms with Gasteiger partial charge in [-0.15, -0.1) is 0 Å². The fourth-order valence-electron chi connectivity index (χ4n) is 11.9. The third kappa shape index (κ3) is 32.6. The van der Waals surface area contributed by atoms with E-state index < -0.39 is 268 Å². The number of aliphatic carboxylic acids is 4. The average Bonchev–Trinajstić information content (AvgIpc) is 1.75. The topological polar surface area (TPSA) is 722 Å². The van der Waals surface area contributed by atoms with Crippen LogP contribution in [0.3, 0.4) is 0 Å². The average molecular weight is 1650 g/mol. The number of carboxylic acids is 4. The molecule has 2 aromatic carbocycles. The number of nitrogens with one attached hydrogen (secondary N) is 14. The number of aromatic nitrogens is 1. The quantitative estimate of drug-likeness (QED) is 0.0111. The lowest BCUT2D eigenvalue weighted by Crippen LogP contribution is -2.63. The number of esters is 1. The molecule has 0 bridgehead atoms. The Balaban J connectivity index is 1.91. The van der Waals surface area contributed by atoms with Gasteiger partial charge in [0.15, 0.2) is 5.78 Å². The molecule has 0 aliphatic carbocycles. The van der Waals surface area contributed by atoms with Gasteiger partial charge in [-0.2, -0.15) is 0 Å². The maximum Gasteiger partial charge on any atom is 0.329 e. The van der Waals surface area contributed by atoms with E-state index in [-0.39, 0.29) is 37.1 Å². The van der Waals surface area contributed by atoms with E-state index in [9.17, 15) is 122 Å². The normalized spacial score (nSPS) is 21.7. The van der Waals surface area contributed by atoms with Crippen molar-refractivity contribution in [2.75, 3.05) is 32.0 Å². The van der Waals surface area contributed by atoms with E-state index >= 15 is 4.79 Å². The van der Waals surface area contributed by atoms with E-state index in [0.717, 1.165) is 52.9 Å². The minimum absolute atomic E-state index is 0.0318. The second kappa shape index (κ2) is 48.5. The Morgan fingerprint density at radius 1 is 0.538 bits per heavy atom. The summed E-state index contributed by atoms with van der Waals surface area (Å²) in [6.45, 7) is 0.732. The van der Waals surface area contributed by atoms with Gasteiger partial charge in [0.25, 0.3) is 0 Å². The van der Waals surface area contributed by atoms with Crippen LogP contribution in [0.5, 0.6) is 0 Å². The Labute approximate surface area is 668 Å². The van der Waals surface area contributed by atoms with E-state index in [1.54, 1.807) is 30.5 Å². The Hall–Kier alpha value is -12.7. The van der Waals surface area contributed by atoms with Crippen molar-refractivity contribution in [1.82, 2.24) is 74.1 Å². The Morgan fingerprint density at radius 2 is 1.07 bits per heavy atom. The molecule has 44 heteroatoms. The number of carboxylic acid groups (broad SMARTS) is 4. The van der Waals surface area contributed by atoms with Crippen LogP contribution >= 0.6 is 0 Å². The molecule has 0 radical (unpaired) electrons. The van der Waals surface area contributed by atoms with Crippen LogP contribution in [0, 0.1) is 5.92 Å². The van der Waals surface area contributed by atoms with Gasteiger partial charge in [0.2, 0.25) is 82.7 Å². The lowest BCUT2D eigenvalue weighted by atomic mass is 9.96. The lowest BCUT2D eigenvalue weighted by molar-refractivity contribution is -0.156. The number of para-hydroxylation sites is 2. The summed E-state index contributed by atoms with van der Waals surface area (Å²) in [5.74, 6) is -30.6. The van der Waals surface area contributed by atoms with E-state index in [0.29, 0.717) is 29.3 Å². The molecule has 1 fully saturated rings. The number of hydrogen-bond acceptors (Lipinski definition) is 25. The number of unbranched alkanes of at least 4 members (excludes halogenated alkanes) is 6. The number of aliphatic hydroxyl groups is 2. The number of cyclic esters (lactones) is 1. The number of carbonyl (C=O) groups excluding carboxylic acids is 16. The number of nitrogen functional groups attached to an aromatic ring is 1. The zero-order valence-corrected chi connectivity index (χ0v) is 64.6. The van der Waals surface area contributed by atoms with Gasteiger partial charge in [-0.25, -0.2) is 4.79 Å². The standard InChI is InChI=1S/C73H103N17O27/c1-5-6-7-8-9-10-11-22-54(95)80-44(25-38-31-77-42-20-15-13-17-39(38)42)66(109)84-45(27-53(76)94)67(110)86-48(30-59(103)104)68(111)90-61-37(4)117-73(116)49(26-52(93)40-18-12-14-19-41(40)75)87-71(114)60(35(2)24-56(97)98)89-70(113)50(33-91)81-55(96)32-78-63(106)46(28-57(99)100)83-62(105)36(3)79-65(108)47(29-58(101)102)85-64(107)43(21-16-23-74)82-69(112)51(34-92)88-72(61)115/h12-15,17-20,31,35-37,43-51,60-61,77,91-92H,5-11,16,21-30,32-34,74-75H2,1-4H3,(H2,76,94)(H,78,106)(H,79,108)(H,80,95)(H,81,96)(H,82,112)(H,83,105)(H,84,109)(H,85,107)(H,86,110)(H,87,114)(H,88,115)(H,89,113)(H,90,111)(H,97,98)(H,99,100)(H,101,102)(H,103,104)/t35-,36+,37+,43-,44-,45-,46-,47-,48-,49-,50+,51-,60-,61-/m0/s1. The van der Waals surface area contributed by atoms with Crippen LogP contribution in [0.15, 0.2) is 54.7 Å². The van der Waals surface area contributed by atoms with E-state index in [4.69, 9.17) is 21.9 Å². The van der Waals surface area contributed by atoms with Crippen LogP contribution in [0.1, 0.15) is 146 Å². The molecule has 1 aliphatic rings. The molecule has 117 heavy (non-hydrogen) atoms. The Morgan fingerprint density at radius 3 is 1.68 bits per heavy atom. The number of H-pyrrole nitrogens is 1. The number of hydrogen-bond donors (Lipinski definition) is 23. The third-order valence-corrected chi connectivity index (χ3v) is 18.2. The molecule has 1 aromatic heterocycles. The number of primary amides is 1. The molecule has 14 atom stereocenters. The fraction of sp³-hybridized carbons (Fsp3) is 0.534. The molecule has 0 spiro atoms. The zero-order chi connectivity index (χ0) is 87.3. The largest absolute Gasteiger partial charge is 0.481 e. The minimum Gasteiger partial charge on any atom is -0.481 e. The number of nitrogens with two attached hydrogens (primary N) is 3. The highest BCUT2D eigenvalue weighted by Crippen LogP contribution is 2.22. The number of aromatic amines is 1. The van der Waals surface area contributed by atoms with Gasteiger partial charge in [0, 0.05) is 47.6 Å². The number of rotatable bonds is 36. The summed E-state index contributed by atoms with van der Waals surface area (Å²) in [6.07, 6.45) is -2.86. The number of Topliss-reactive ketones (excluding diaryl/α,β-unsaturated/α-hetero) is 1. The van der Waals surface area contributed by atoms with Gasteiger partial charge in [0.05, 0.1) is 51.9 Å². The molecular formula is C73H103N17O27. The maximum absolute atomic E-state index is 15.0. The maximum atomic E-state index is 15.0. The number of ketones is 1. The van der Waals surface area contributed by atoms with Gasteiger partial charge in [-0.05, 0) is 69.3 Å². The second-order valence-electron chi connectivity index (χ2n) is 27.7. The van der Waals surface area contributed by atoms with Crippen LogP contribution in [0.4, 0.5) is 5.69 Å².